The second-order valence-corrected chi connectivity index (χ2v) is 5.41. The summed E-state index contributed by atoms with van der Waals surface area (Å²) in [6.07, 6.45) is 4.61. The molecule has 3 rings (SSSR count). The largest absolute Gasteiger partial charge is 0.371 e. The van der Waals surface area contributed by atoms with Gasteiger partial charge in [0, 0.05) is 45.1 Å². The Labute approximate surface area is 120 Å². The summed E-state index contributed by atoms with van der Waals surface area (Å²) in [7, 11) is 1.95. The van der Waals surface area contributed by atoms with Gasteiger partial charge in [-0.3, -0.25) is 4.68 Å². The molecule has 1 N–H and O–H groups in total. The lowest BCUT2D eigenvalue weighted by atomic mass is 10.1. The zero-order valence-electron chi connectivity index (χ0n) is 12.0. The fourth-order valence-corrected chi connectivity index (χ4v) is 2.81. The Bertz CT molecular complexity index is 555. The second kappa shape index (κ2) is 6.09. The van der Waals surface area contributed by atoms with Crippen molar-refractivity contribution < 1.29 is 0 Å². The quantitative estimate of drug-likeness (QED) is 0.905. The molecule has 106 valence electrons. The molecule has 2 aromatic rings. The summed E-state index contributed by atoms with van der Waals surface area (Å²) in [5.74, 6) is 0. The maximum absolute atomic E-state index is 4.39. The van der Waals surface area contributed by atoms with Gasteiger partial charge in [0.05, 0.1) is 5.69 Å². The molecule has 0 aliphatic carbocycles. The minimum Gasteiger partial charge on any atom is -0.371 e. The van der Waals surface area contributed by atoms with E-state index in [1.165, 1.54) is 37.2 Å². The fraction of sp³-hybridized carbons (Fsp3) is 0.438. The molecule has 0 saturated carbocycles. The number of para-hydroxylation sites is 1. The molecule has 1 aromatic carbocycles. The first-order chi connectivity index (χ1) is 9.83. The van der Waals surface area contributed by atoms with E-state index < -0.39 is 0 Å². The fourth-order valence-electron chi connectivity index (χ4n) is 2.81. The summed E-state index contributed by atoms with van der Waals surface area (Å²) in [5.41, 5.74) is 3.86. The van der Waals surface area contributed by atoms with Crippen molar-refractivity contribution in [1.82, 2.24) is 15.1 Å². The minimum atomic E-state index is 0.815. The maximum Gasteiger partial charge on any atom is 0.0762 e. The van der Waals surface area contributed by atoms with Gasteiger partial charge in [-0.15, -0.1) is 0 Å². The van der Waals surface area contributed by atoms with Gasteiger partial charge in [-0.2, -0.15) is 5.10 Å². The summed E-state index contributed by atoms with van der Waals surface area (Å²) < 4.78 is 1.84. The number of aryl methyl sites for hydroxylation is 1. The molecule has 1 fully saturated rings. The van der Waals surface area contributed by atoms with Crippen LogP contribution in [0.4, 0.5) is 5.69 Å². The summed E-state index contributed by atoms with van der Waals surface area (Å²) in [5, 5.41) is 7.88. The molecule has 0 unspecified atom stereocenters. The smallest absolute Gasteiger partial charge is 0.0762 e. The van der Waals surface area contributed by atoms with Crippen molar-refractivity contribution in [2.75, 3.05) is 18.0 Å². The van der Waals surface area contributed by atoms with E-state index in [1.54, 1.807) is 0 Å². The SMILES string of the molecule is Cn1ccc(CNCc2ccccc2N2CCCC2)n1. The highest BCUT2D eigenvalue weighted by atomic mass is 15.3. The first-order valence-corrected chi connectivity index (χ1v) is 7.35. The van der Waals surface area contributed by atoms with E-state index in [1.807, 2.05) is 17.9 Å². The van der Waals surface area contributed by atoms with Crippen LogP contribution in [-0.2, 0) is 20.1 Å². The number of hydrogen-bond acceptors (Lipinski definition) is 3. The molecular weight excluding hydrogens is 248 g/mol. The topological polar surface area (TPSA) is 33.1 Å². The van der Waals surface area contributed by atoms with Crippen LogP contribution in [-0.4, -0.2) is 22.9 Å². The Morgan fingerprint density at radius 2 is 1.90 bits per heavy atom. The van der Waals surface area contributed by atoms with Crippen LogP contribution in [0.5, 0.6) is 0 Å². The molecule has 0 amide bonds. The standard InChI is InChI=1S/C16H22N4/c1-19-11-8-15(18-19)13-17-12-14-6-2-3-7-16(14)20-9-4-5-10-20/h2-3,6-8,11,17H,4-5,9-10,12-13H2,1H3. The molecule has 1 aliphatic rings. The molecule has 2 heterocycles. The van der Waals surface area contributed by atoms with Crippen LogP contribution in [0.25, 0.3) is 0 Å². The molecule has 0 atom stereocenters. The van der Waals surface area contributed by atoms with E-state index in [2.05, 4.69) is 45.6 Å². The number of hydrogen-bond donors (Lipinski definition) is 1. The van der Waals surface area contributed by atoms with Gasteiger partial charge in [-0.1, -0.05) is 18.2 Å². The molecule has 0 bridgehead atoms. The number of nitrogens with one attached hydrogen (secondary N) is 1. The summed E-state index contributed by atoms with van der Waals surface area (Å²) in [6.45, 7) is 4.09. The Morgan fingerprint density at radius 3 is 2.65 bits per heavy atom. The van der Waals surface area contributed by atoms with Crippen molar-refractivity contribution in [3.63, 3.8) is 0 Å². The van der Waals surface area contributed by atoms with Crippen molar-refractivity contribution in [1.29, 1.82) is 0 Å². The Balaban J connectivity index is 1.62. The third-order valence-corrected chi connectivity index (χ3v) is 3.83. The van der Waals surface area contributed by atoms with Crippen LogP contribution in [0, 0.1) is 0 Å². The lowest BCUT2D eigenvalue weighted by Gasteiger charge is -2.21. The van der Waals surface area contributed by atoms with Gasteiger partial charge < -0.3 is 10.2 Å². The molecule has 0 spiro atoms. The van der Waals surface area contributed by atoms with E-state index in [9.17, 15) is 0 Å². The average Bonchev–Trinajstić information content (AvgIpc) is 3.11. The Kier molecular flexibility index (Phi) is 4.02. The predicted molar refractivity (Wildman–Crippen MR) is 81.6 cm³/mol. The van der Waals surface area contributed by atoms with Crippen LogP contribution in [0.3, 0.4) is 0 Å². The first kappa shape index (κ1) is 13.2. The zero-order chi connectivity index (χ0) is 13.8. The molecule has 20 heavy (non-hydrogen) atoms. The van der Waals surface area contributed by atoms with Crippen LogP contribution in [0.2, 0.25) is 0 Å². The molecule has 0 radical (unpaired) electrons. The first-order valence-electron chi connectivity index (χ1n) is 7.35. The molecule has 1 aromatic heterocycles. The van der Waals surface area contributed by atoms with Crippen LogP contribution in [0.15, 0.2) is 36.5 Å². The van der Waals surface area contributed by atoms with Crippen LogP contribution < -0.4 is 10.2 Å². The molecule has 1 aliphatic heterocycles. The maximum atomic E-state index is 4.39. The van der Waals surface area contributed by atoms with Gasteiger partial charge in [0.25, 0.3) is 0 Å². The third-order valence-electron chi connectivity index (χ3n) is 3.83. The number of aromatic nitrogens is 2. The van der Waals surface area contributed by atoms with Crippen molar-refractivity contribution in [2.45, 2.75) is 25.9 Å². The van der Waals surface area contributed by atoms with Crippen LogP contribution in [0.1, 0.15) is 24.1 Å². The average molecular weight is 270 g/mol. The van der Waals surface area contributed by atoms with Gasteiger partial charge in [0.15, 0.2) is 0 Å². The van der Waals surface area contributed by atoms with E-state index in [4.69, 9.17) is 0 Å². The van der Waals surface area contributed by atoms with Gasteiger partial charge in [-0.05, 0) is 30.5 Å². The number of rotatable bonds is 5. The van der Waals surface area contributed by atoms with Crippen molar-refractivity contribution in [2.24, 2.45) is 7.05 Å². The monoisotopic (exact) mass is 270 g/mol. The Hall–Kier alpha value is -1.81. The lowest BCUT2D eigenvalue weighted by Crippen LogP contribution is -2.21. The van der Waals surface area contributed by atoms with Crippen LogP contribution >= 0.6 is 0 Å². The van der Waals surface area contributed by atoms with E-state index >= 15 is 0 Å². The van der Waals surface area contributed by atoms with Gasteiger partial charge in [-0.25, -0.2) is 0 Å². The normalized spacial score (nSPS) is 14.9. The molecule has 4 nitrogen and oxygen atoms in total. The van der Waals surface area contributed by atoms with Crippen molar-refractivity contribution in [3.8, 4) is 0 Å². The third kappa shape index (κ3) is 3.02. The highest BCUT2D eigenvalue weighted by Gasteiger charge is 2.14. The number of nitrogens with zero attached hydrogens (tertiary/aromatic N) is 3. The van der Waals surface area contributed by atoms with E-state index in [0.717, 1.165) is 18.8 Å². The zero-order valence-corrected chi connectivity index (χ0v) is 12.0. The Morgan fingerprint density at radius 1 is 1.10 bits per heavy atom. The van der Waals surface area contributed by atoms with Crippen molar-refractivity contribution >= 4 is 5.69 Å². The minimum absolute atomic E-state index is 0.815. The lowest BCUT2D eigenvalue weighted by molar-refractivity contribution is 0.655. The van der Waals surface area contributed by atoms with Gasteiger partial charge in [0.1, 0.15) is 0 Å². The van der Waals surface area contributed by atoms with Crippen molar-refractivity contribution in [3.05, 3.63) is 47.8 Å². The van der Waals surface area contributed by atoms with Gasteiger partial charge >= 0.3 is 0 Å². The molecule has 4 heteroatoms. The number of anilines is 1. The second-order valence-electron chi connectivity index (χ2n) is 5.41. The molecule has 1 saturated heterocycles. The van der Waals surface area contributed by atoms with E-state index in [-0.39, 0.29) is 0 Å². The summed E-state index contributed by atoms with van der Waals surface area (Å²) >= 11 is 0. The predicted octanol–water partition coefficient (Wildman–Crippen LogP) is 2.31. The summed E-state index contributed by atoms with van der Waals surface area (Å²) in [6, 6.07) is 10.8. The van der Waals surface area contributed by atoms with E-state index in [0.29, 0.717) is 0 Å². The molecular formula is C16H22N4. The number of benzene rings is 1. The van der Waals surface area contributed by atoms with Gasteiger partial charge in [0.2, 0.25) is 0 Å². The summed E-state index contributed by atoms with van der Waals surface area (Å²) in [4.78, 5) is 2.50. The highest BCUT2D eigenvalue weighted by molar-refractivity contribution is 5.54. The highest BCUT2D eigenvalue weighted by Crippen LogP contribution is 2.24.